The third-order valence-electron chi connectivity index (χ3n) is 2.71. The maximum Gasteiger partial charge on any atom is 0.165 e. The van der Waals surface area contributed by atoms with Gasteiger partial charge in [-0.25, -0.2) is 9.37 Å². The van der Waals surface area contributed by atoms with Gasteiger partial charge in [0, 0.05) is 18.8 Å². The van der Waals surface area contributed by atoms with E-state index in [1.54, 1.807) is 12.3 Å². The summed E-state index contributed by atoms with van der Waals surface area (Å²) in [5.74, 6) is -0.104. The molecule has 4 heteroatoms. The Balaban J connectivity index is 2.04. The summed E-state index contributed by atoms with van der Waals surface area (Å²) < 4.78 is 13.5. The van der Waals surface area contributed by atoms with Crippen LogP contribution in [0.5, 0.6) is 0 Å². The summed E-state index contributed by atoms with van der Waals surface area (Å²) in [6.07, 6.45) is 2.30. The van der Waals surface area contributed by atoms with Gasteiger partial charge in [0.05, 0.1) is 0 Å². The fourth-order valence-corrected chi connectivity index (χ4v) is 1.78. The lowest BCUT2D eigenvalue weighted by Crippen LogP contribution is -2.31. The number of hydrogen-bond donors (Lipinski definition) is 2. The molecule has 3 N–H and O–H groups in total. The van der Waals surface area contributed by atoms with Crippen LogP contribution in [-0.2, 0) is 6.42 Å². The van der Waals surface area contributed by atoms with Gasteiger partial charge in [-0.15, -0.1) is 0 Å². The summed E-state index contributed by atoms with van der Waals surface area (Å²) >= 11 is 0. The van der Waals surface area contributed by atoms with E-state index in [0.717, 1.165) is 12.0 Å². The van der Waals surface area contributed by atoms with E-state index in [4.69, 9.17) is 5.73 Å². The predicted octanol–water partition coefficient (Wildman–Crippen LogP) is 2.20. The van der Waals surface area contributed by atoms with E-state index in [1.807, 2.05) is 30.3 Å². The highest BCUT2D eigenvalue weighted by molar-refractivity contribution is 5.37. The lowest BCUT2D eigenvalue weighted by atomic mass is 10.1. The minimum absolute atomic E-state index is 0.0307. The zero-order valence-corrected chi connectivity index (χ0v) is 10.0. The van der Waals surface area contributed by atoms with E-state index in [-0.39, 0.29) is 17.7 Å². The van der Waals surface area contributed by atoms with Gasteiger partial charge >= 0.3 is 0 Å². The fraction of sp³-hybridized carbons (Fsp3) is 0.214. The van der Waals surface area contributed by atoms with E-state index < -0.39 is 0 Å². The van der Waals surface area contributed by atoms with Gasteiger partial charge in [-0.1, -0.05) is 30.3 Å². The van der Waals surface area contributed by atoms with Crippen LogP contribution in [0.3, 0.4) is 0 Å². The highest BCUT2D eigenvalue weighted by Crippen LogP contribution is 2.12. The number of nitrogens with two attached hydrogens (primary N) is 1. The first-order valence-corrected chi connectivity index (χ1v) is 5.90. The van der Waals surface area contributed by atoms with Gasteiger partial charge in [0.1, 0.15) is 0 Å². The number of aromatic nitrogens is 1. The van der Waals surface area contributed by atoms with Crippen LogP contribution in [0.15, 0.2) is 48.7 Å². The van der Waals surface area contributed by atoms with Gasteiger partial charge in [-0.05, 0) is 24.1 Å². The number of nitrogens with one attached hydrogen (secondary N) is 1. The third kappa shape index (κ3) is 3.28. The molecule has 0 saturated heterocycles. The van der Waals surface area contributed by atoms with E-state index in [2.05, 4.69) is 10.3 Å². The van der Waals surface area contributed by atoms with Crippen molar-refractivity contribution in [2.45, 2.75) is 12.5 Å². The molecular formula is C14H16FN3. The van der Waals surface area contributed by atoms with Crippen molar-refractivity contribution in [1.82, 2.24) is 4.98 Å². The summed E-state index contributed by atoms with van der Waals surface area (Å²) in [6, 6.07) is 12.9. The fourth-order valence-electron chi connectivity index (χ4n) is 1.78. The van der Waals surface area contributed by atoms with Gasteiger partial charge in [0.2, 0.25) is 0 Å². The number of pyridine rings is 1. The van der Waals surface area contributed by atoms with Gasteiger partial charge in [0.15, 0.2) is 11.6 Å². The maximum absolute atomic E-state index is 13.5. The number of hydrogen-bond acceptors (Lipinski definition) is 3. The monoisotopic (exact) mass is 245 g/mol. The number of rotatable bonds is 5. The van der Waals surface area contributed by atoms with Gasteiger partial charge in [-0.3, -0.25) is 0 Å². The first-order chi connectivity index (χ1) is 8.79. The maximum atomic E-state index is 13.5. The molecule has 0 aliphatic carbocycles. The molecule has 1 aromatic carbocycles. The van der Waals surface area contributed by atoms with Crippen molar-refractivity contribution in [3.63, 3.8) is 0 Å². The van der Waals surface area contributed by atoms with E-state index >= 15 is 0 Å². The average Bonchev–Trinajstić information content (AvgIpc) is 2.41. The molecule has 18 heavy (non-hydrogen) atoms. The Kier molecular flexibility index (Phi) is 4.25. The van der Waals surface area contributed by atoms with Crippen molar-refractivity contribution in [3.8, 4) is 0 Å². The second-order valence-corrected chi connectivity index (χ2v) is 4.10. The first kappa shape index (κ1) is 12.5. The van der Waals surface area contributed by atoms with Crippen LogP contribution in [-0.4, -0.2) is 17.6 Å². The summed E-state index contributed by atoms with van der Waals surface area (Å²) in [7, 11) is 0. The second-order valence-electron chi connectivity index (χ2n) is 4.10. The van der Waals surface area contributed by atoms with Crippen molar-refractivity contribution >= 4 is 5.82 Å². The van der Waals surface area contributed by atoms with Crippen molar-refractivity contribution in [2.24, 2.45) is 5.73 Å². The summed E-state index contributed by atoms with van der Waals surface area (Å²) in [5.41, 5.74) is 6.87. The highest BCUT2D eigenvalue weighted by Gasteiger charge is 2.10. The Morgan fingerprint density at radius 1 is 1.17 bits per heavy atom. The Morgan fingerprint density at radius 2 is 1.94 bits per heavy atom. The molecule has 0 radical (unpaired) electrons. The number of benzene rings is 1. The Morgan fingerprint density at radius 3 is 2.61 bits per heavy atom. The molecule has 1 aromatic heterocycles. The number of anilines is 1. The summed E-state index contributed by atoms with van der Waals surface area (Å²) in [5, 5.41) is 3.03. The average molecular weight is 245 g/mol. The minimum atomic E-state index is -0.357. The molecule has 0 spiro atoms. The minimum Gasteiger partial charge on any atom is -0.363 e. The van der Waals surface area contributed by atoms with Gasteiger partial charge < -0.3 is 11.1 Å². The Bertz CT molecular complexity index is 487. The molecule has 1 atom stereocenters. The SMILES string of the molecule is NCC(Cc1ccccc1)Nc1ncccc1F. The first-order valence-electron chi connectivity index (χ1n) is 5.90. The Labute approximate surface area is 106 Å². The van der Waals surface area contributed by atoms with Crippen LogP contribution < -0.4 is 11.1 Å². The molecule has 94 valence electrons. The van der Waals surface area contributed by atoms with Crippen LogP contribution >= 0.6 is 0 Å². The number of nitrogens with zero attached hydrogens (tertiary/aromatic N) is 1. The highest BCUT2D eigenvalue weighted by atomic mass is 19.1. The van der Waals surface area contributed by atoms with Gasteiger partial charge in [-0.2, -0.15) is 0 Å². The molecule has 0 fully saturated rings. The smallest absolute Gasteiger partial charge is 0.165 e. The molecule has 0 aliphatic heterocycles. The topological polar surface area (TPSA) is 50.9 Å². The zero-order valence-electron chi connectivity index (χ0n) is 10.0. The van der Waals surface area contributed by atoms with Gasteiger partial charge in [0.25, 0.3) is 0 Å². The van der Waals surface area contributed by atoms with Crippen LogP contribution in [0.2, 0.25) is 0 Å². The number of halogens is 1. The van der Waals surface area contributed by atoms with Crippen molar-refractivity contribution in [1.29, 1.82) is 0 Å². The van der Waals surface area contributed by atoms with Crippen LogP contribution in [0.4, 0.5) is 10.2 Å². The molecule has 2 aromatic rings. The van der Waals surface area contributed by atoms with E-state index in [0.29, 0.717) is 6.54 Å². The van der Waals surface area contributed by atoms with Crippen molar-refractivity contribution in [2.75, 3.05) is 11.9 Å². The van der Waals surface area contributed by atoms with Crippen LogP contribution in [0.25, 0.3) is 0 Å². The van der Waals surface area contributed by atoms with Crippen molar-refractivity contribution in [3.05, 3.63) is 60.0 Å². The Hall–Kier alpha value is -1.94. The standard InChI is InChI=1S/C14H16FN3/c15-13-7-4-8-17-14(13)18-12(10-16)9-11-5-2-1-3-6-11/h1-8,12H,9-10,16H2,(H,17,18). The van der Waals surface area contributed by atoms with E-state index in [1.165, 1.54) is 6.07 Å². The molecule has 0 amide bonds. The van der Waals surface area contributed by atoms with E-state index in [9.17, 15) is 4.39 Å². The van der Waals surface area contributed by atoms with Crippen molar-refractivity contribution < 1.29 is 4.39 Å². The lowest BCUT2D eigenvalue weighted by molar-refractivity contribution is 0.616. The molecule has 3 nitrogen and oxygen atoms in total. The van der Waals surface area contributed by atoms with Crippen LogP contribution in [0.1, 0.15) is 5.56 Å². The lowest BCUT2D eigenvalue weighted by Gasteiger charge is -2.17. The molecule has 0 bridgehead atoms. The van der Waals surface area contributed by atoms with Crippen LogP contribution in [0, 0.1) is 5.82 Å². The summed E-state index contributed by atoms with van der Waals surface area (Å²) in [4.78, 5) is 3.97. The zero-order chi connectivity index (χ0) is 12.8. The quantitative estimate of drug-likeness (QED) is 0.849. The largest absolute Gasteiger partial charge is 0.363 e. The predicted molar refractivity (Wildman–Crippen MR) is 70.8 cm³/mol. The molecular weight excluding hydrogens is 229 g/mol. The normalized spacial score (nSPS) is 12.1. The molecule has 1 heterocycles. The third-order valence-corrected chi connectivity index (χ3v) is 2.71. The second kappa shape index (κ2) is 6.12. The molecule has 2 rings (SSSR count). The molecule has 0 aliphatic rings. The molecule has 0 saturated carbocycles. The molecule has 1 unspecified atom stereocenters. The summed E-state index contributed by atoms with van der Waals surface area (Å²) in [6.45, 7) is 0.422.